The molecule has 0 saturated heterocycles. The first kappa shape index (κ1) is 11.2. The van der Waals surface area contributed by atoms with Gasteiger partial charge in [0.25, 0.3) is 0 Å². The highest BCUT2D eigenvalue weighted by atomic mass is 79.9. The van der Waals surface area contributed by atoms with Crippen LogP contribution in [0.2, 0.25) is 0 Å². The van der Waals surface area contributed by atoms with Crippen LogP contribution < -0.4 is 0 Å². The normalized spacial score (nSPS) is 12.5. The molecule has 1 rings (SSSR count). The van der Waals surface area contributed by atoms with Crippen molar-refractivity contribution in [2.75, 3.05) is 0 Å². The van der Waals surface area contributed by atoms with Crippen LogP contribution >= 0.6 is 15.9 Å². The standard InChI is InChI=1S/C10H11BrO3/c1-2-9(12)6-3-7(10(13)14)5-8(11)4-6/h3-5,9,12H,2H2,1H3,(H,13,14). The van der Waals surface area contributed by atoms with Crippen molar-refractivity contribution in [2.24, 2.45) is 0 Å². The minimum absolute atomic E-state index is 0.182. The zero-order valence-corrected chi connectivity index (χ0v) is 9.28. The van der Waals surface area contributed by atoms with E-state index in [2.05, 4.69) is 15.9 Å². The maximum absolute atomic E-state index is 10.7. The Hall–Kier alpha value is -0.870. The second-order valence-electron chi connectivity index (χ2n) is 3.00. The minimum Gasteiger partial charge on any atom is -0.478 e. The van der Waals surface area contributed by atoms with E-state index in [0.717, 1.165) is 0 Å². The number of carbonyl (C=O) groups is 1. The first-order valence-corrected chi connectivity index (χ1v) is 5.05. The van der Waals surface area contributed by atoms with E-state index in [1.807, 2.05) is 6.92 Å². The van der Waals surface area contributed by atoms with Gasteiger partial charge in [-0.2, -0.15) is 0 Å². The molecule has 0 bridgehead atoms. The summed E-state index contributed by atoms with van der Waals surface area (Å²) in [4.78, 5) is 10.7. The number of aliphatic hydroxyl groups excluding tert-OH is 1. The molecule has 0 heterocycles. The average molecular weight is 259 g/mol. The van der Waals surface area contributed by atoms with Gasteiger partial charge in [0.05, 0.1) is 11.7 Å². The maximum Gasteiger partial charge on any atom is 0.335 e. The van der Waals surface area contributed by atoms with Gasteiger partial charge in [-0.05, 0) is 30.2 Å². The highest BCUT2D eigenvalue weighted by molar-refractivity contribution is 9.10. The second-order valence-corrected chi connectivity index (χ2v) is 3.92. The second kappa shape index (κ2) is 4.57. The maximum atomic E-state index is 10.7. The van der Waals surface area contributed by atoms with Crippen LogP contribution in [-0.2, 0) is 0 Å². The molecule has 0 spiro atoms. The molecule has 0 aromatic heterocycles. The number of hydrogen-bond donors (Lipinski definition) is 2. The van der Waals surface area contributed by atoms with Gasteiger partial charge in [-0.15, -0.1) is 0 Å². The molecule has 1 aromatic rings. The summed E-state index contributed by atoms with van der Waals surface area (Å²) in [5, 5.41) is 18.3. The van der Waals surface area contributed by atoms with Crippen LogP contribution in [0.1, 0.15) is 35.4 Å². The van der Waals surface area contributed by atoms with Crippen LogP contribution in [-0.4, -0.2) is 16.2 Å². The molecule has 0 amide bonds. The molecular formula is C10H11BrO3. The molecule has 0 radical (unpaired) electrons. The summed E-state index contributed by atoms with van der Waals surface area (Å²) in [6.45, 7) is 1.84. The number of rotatable bonds is 3. The lowest BCUT2D eigenvalue weighted by Gasteiger charge is -2.09. The fourth-order valence-electron chi connectivity index (χ4n) is 1.16. The summed E-state index contributed by atoms with van der Waals surface area (Å²) in [6, 6.07) is 4.72. The SMILES string of the molecule is CCC(O)c1cc(Br)cc(C(=O)O)c1. The number of carboxylic acid groups (broad SMARTS) is 1. The van der Waals surface area contributed by atoms with Crippen LogP contribution in [0.4, 0.5) is 0 Å². The van der Waals surface area contributed by atoms with Gasteiger partial charge in [0, 0.05) is 4.47 Å². The van der Waals surface area contributed by atoms with E-state index < -0.39 is 12.1 Å². The van der Waals surface area contributed by atoms with Gasteiger partial charge < -0.3 is 10.2 Å². The van der Waals surface area contributed by atoms with E-state index in [4.69, 9.17) is 5.11 Å². The monoisotopic (exact) mass is 258 g/mol. The summed E-state index contributed by atoms with van der Waals surface area (Å²) in [5.41, 5.74) is 0.807. The first-order valence-electron chi connectivity index (χ1n) is 4.26. The Morgan fingerprint density at radius 1 is 1.50 bits per heavy atom. The van der Waals surface area contributed by atoms with Gasteiger partial charge in [-0.1, -0.05) is 22.9 Å². The van der Waals surface area contributed by atoms with E-state index in [1.54, 1.807) is 6.07 Å². The van der Waals surface area contributed by atoms with Gasteiger partial charge in [-0.25, -0.2) is 4.79 Å². The Balaban J connectivity index is 3.13. The Kier molecular flexibility index (Phi) is 3.66. The summed E-state index contributed by atoms with van der Waals surface area (Å²) in [6.07, 6.45) is -0.0409. The molecule has 1 unspecified atom stereocenters. The Morgan fingerprint density at radius 2 is 2.14 bits per heavy atom. The Morgan fingerprint density at radius 3 is 2.64 bits per heavy atom. The summed E-state index contributed by atoms with van der Waals surface area (Å²) >= 11 is 3.20. The zero-order valence-electron chi connectivity index (χ0n) is 7.70. The van der Waals surface area contributed by atoms with Crippen molar-refractivity contribution in [1.82, 2.24) is 0 Å². The molecule has 2 N–H and O–H groups in total. The van der Waals surface area contributed by atoms with Crippen molar-refractivity contribution in [3.63, 3.8) is 0 Å². The molecule has 14 heavy (non-hydrogen) atoms. The third-order valence-electron chi connectivity index (χ3n) is 1.94. The van der Waals surface area contributed by atoms with E-state index in [0.29, 0.717) is 16.5 Å². The molecule has 0 aliphatic carbocycles. The topological polar surface area (TPSA) is 57.5 Å². The minimum atomic E-state index is -0.990. The molecule has 0 fully saturated rings. The van der Waals surface area contributed by atoms with Crippen LogP contribution in [0.3, 0.4) is 0 Å². The molecule has 0 aliphatic heterocycles. The number of aliphatic hydroxyl groups is 1. The quantitative estimate of drug-likeness (QED) is 0.877. The van der Waals surface area contributed by atoms with Crippen molar-refractivity contribution in [3.8, 4) is 0 Å². The third-order valence-corrected chi connectivity index (χ3v) is 2.40. The van der Waals surface area contributed by atoms with Gasteiger partial charge in [-0.3, -0.25) is 0 Å². The van der Waals surface area contributed by atoms with E-state index in [-0.39, 0.29) is 5.56 Å². The van der Waals surface area contributed by atoms with E-state index in [9.17, 15) is 9.90 Å². The van der Waals surface area contributed by atoms with Gasteiger partial charge in [0.1, 0.15) is 0 Å². The average Bonchev–Trinajstić information content (AvgIpc) is 2.15. The summed E-state index contributed by atoms with van der Waals surface area (Å²) in [5.74, 6) is -0.990. The van der Waals surface area contributed by atoms with Gasteiger partial charge >= 0.3 is 5.97 Å². The highest BCUT2D eigenvalue weighted by Gasteiger charge is 2.10. The summed E-state index contributed by atoms with van der Waals surface area (Å²) < 4.78 is 0.667. The van der Waals surface area contributed by atoms with Crippen molar-refractivity contribution in [1.29, 1.82) is 0 Å². The number of carboxylic acids is 1. The largest absolute Gasteiger partial charge is 0.478 e. The number of benzene rings is 1. The number of hydrogen-bond acceptors (Lipinski definition) is 2. The van der Waals surface area contributed by atoms with Crippen LogP contribution in [0.15, 0.2) is 22.7 Å². The van der Waals surface area contributed by atoms with Crippen molar-refractivity contribution in [3.05, 3.63) is 33.8 Å². The van der Waals surface area contributed by atoms with Crippen LogP contribution in [0.5, 0.6) is 0 Å². The Labute approximate surface area is 90.5 Å². The van der Waals surface area contributed by atoms with Gasteiger partial charge in [0.15, 0.2) is 0 Å². The van der Waals surface area contributed by atoms with Gasteiger partial charge in [0.2, 0.25) is 0 Å². The van der Waals surface area contributed by atoms with Crippen LogP contribution in [0.25, 0.3) is 0 Å². The lowest BCUT2D eigenvalue weighted by Crippen LogP contribution is -2.01. The van der Waals surface area contributed by atoms with Crippen molar-refractivity contribution in [2.45, 2.75) is 19.4 Å². The predicted molar refractivity (Wildman–Crippen MR) is 56.4 cm³/mol. The van der Waals surface area contributed by atoms with Crippen LogP contribution in [0, 0.1) is 0 Å². The zero-order chi connectivity index (χ0) is 10.7. The van der Waals surface area contributed by atoms with Crippen molar-refractivity contribution >= 4 is 21.9 Å². The molecule has 0 aliphatic rings. The molecule has 76 valence electrons. The molecule has 4 heteroatoms. The number of aromatic carboxylic acids is 1. The van der Waals surface area contributed by atoms with E-state index >= 15 is 0 Å². The smallest absolute Gasteiger partial charge is 0.335 e. The highest BCUT2D eigenvalue weighted by Crippen LogP contribution is 2.22. The molecule has 1 atom stereocenters. The lowest BCUT2D eigenvalue weighted by atomic mass is 10.0. The first-order chi connectivity index (χ1) is 6.54. The predicted octanol–water partition coefficient (Wildman–Crippen LogP) is 2.59. The fraction of sp³-hybridized carbons (Fsp3) is 0.300. The molecular weight excluding hydrogens is 248 g/mol. The van der Waals surface area contributed by atoms with E-state index in [1.165, 1.54) is 12.1 Å². The molecule has 0 saturated carbocycles. The lowest BCUT2D eigenvalue weighted by molar-refractivity contribution is 0.0696. The fourth-order valence-corrected chi connectivity index (χ4v) is 1.67. The third kappa shape index (κ3) is 2.56. The summed E-state index contributed by atoms with van der Waals surface area (Å²) in [7, 11) is 0. The number of halogens is 1. The molecule has 3 nitrogen and oxygen atoms in total. The molecule has 1 aromatic carbocycles. The van der Waals surface area contributed by atoms with Crippen molar-refractivity contribution < 1.29 is 15.0 Å². The Bertz CT molecular complexity index is 349.